The van der Waals surface area contributed by atoms with Crippen LogP contribution in [-0.4, -0.2) is 47.0 Å². The molecule has 2 fully saturated rings. The number of rotatable bonds is 6. The summed E-state index contributed by atoms with van der Waals surface area (Å²) in [4.78, 5) is 27.3. The van der Waals surface area contributed by atoms with Crippen LogP contribution in [0, 0.1) is 5.92 Å². The number of ether oxygens (including phenoxy) is 1. The quantitative estimate of drug-likeness (QED) is 0.812. The van der Waals surface area contributed by atoms with E-state index in [9.17, 15) is 9.59 Å². The van der Waals surface area contributed by atoms with Gasteiger partial charge in [-0.1, -0.05) is 6.92 Å². The number of carbonyl (C=O) groups is 2. The van der Waals surface area contributed by atoms with Crippen molar-refractivity contribution in [2.75, 3.05) is 13.2 Å². The Morgan fingerprint density at radius 3 is 2.43 bits per heavy atom. The molecular weight excluding hydrogens is 268 g/mol. The van der Waals surface area contributed by atoms with Gasteiger partial charge in [-0.25, -0.2) is 0 Å². The highest BCUT2D eigenvalue weighted by Gasteiger charge is 2.58. The Hall–Kier alpha value is -1.10. The summed E-state index contributed by atoms with van der Waals surface area (Å²) in [6, 6.07) is 0. The van der Waals surface area contributed by atoms with Gasteiger partial charge in [-0.15, -0.1) is 0 Å². The standard InChI is InChI=1S/C16H28N2O3/c1-6-15(4)13(19)17-16(5,12-7-8-12)14(20)18(15)9-10-21-11(2)3/h11-12H,6-10H2,1-5H3,(H,17,19). The first-order valence-corrected chi connectivity index (χ1v) is 8.02. The lowest BCUT2D eigenvalue weighted by Crippen LogP contribution is -2.75. The van der Waals surface area contributed by atoms with Gasteiger partial charge in [0.05, 0.1) is 12.7 Å². The smallest absolute Gasteiger partial charge is 0.249 e. The summed E-state index contributed by atoms with van der Waals surface area (Å²) in [6.07, 6.45) is 2.76. The van der Waals surface area contributed by atoms with Crippen LogP contribution in [0.3, 0.4) is 0 Å². The molecule has 0 aromatic rings. The van der Waals surface area contributed by atoms with E-state index in [1.807, 2.05) is 34.6 Å². The molecule has 2 unspecified atom stereocenters. The molecule has 1 heterocycles. The largest absolute Gasteiger partial charge is 0.377 e. The molecule has 0 bridgehead atoms. The Kier molecular flexibility index (Phi) is 4.34. The van der Waals surface area contributed by atoms with Crippen molar-refractivity contribution in [1.82, 2.24) is 10.2 Å². The molecule has 5 nitrogen and oxygen atoms in total. The summed E-state index contributed by atoms with van der Waals surface area (Å²) >= 11 is 0. The maximum Gasteiger partial charge on any atom is 0.249 e. The average Bonchev–Trinajstić information content (AvgIpc) is 3.25. The van der Waals surface area contributed by atoms with Gasteiger partial charge in [-0.3, -0.25) is 9.59 Å². The molecule has 0 radical (unpaired) electrons. The predicted molar refractivity (Wildman–Crippen MR) is 80.8 cm³/mol. The van der Waals surface area contributed by atoms with Crippen molar-refractivity contribution in [2.24, 2.45) is 5.92 Å². The number of nitrogens with zero attached hydrogens (tertiary/aromatic N) is 1. The van der Waals surface area contributed by atoms with Gasteiger partial charge in [0.1, 0.15) is 11.1 Å². The van der Waals surface area contributed by atoms with Crippen LogP contribution in [0.4, 0.5) is 0 Å². The van der Waals surface area contributed by atoms with E-state index >= 15 is 0 Å². The second-order valence-corrected chi connectivity index (χ2v) is 6.93. The van der Waals surface area contributed by atoms with E-state index in [1.165, 1.54) is 0 Å². The summed E-state index contributed by atoms with van der Waals surface area (Å²) in [5.41, 5.74) is -1.50. The summed E-state index contributed by atoms with van der Waals surface area (Å²) < 4.78 is 5.58. The van der Waals surface area contributed by atoms with E-state index in [4.69, 9.17) is 4.74 Å². The molecule has 0 aromatic heterocycles. The Labute approximate surface area is 127 Å². The van der Waals surface area contributed by atoms with Crippen molar-refractivity contribution >= 4 is 11.8 Å². The number of carbonyl (C=O) groups excluding carboxylic acids is 2. The van der Waals surface area contributed by atoms with E-state index < -0.39 is 11.1 Å². The first-order valence-electron chi connectivity index (χ1n) is 8.02. The monoisotopic (exact) mass is 296 g/mol. The third-order valence-electron chi connectivity index (χ3n) is 5.00. The van der Waals surface area contributed by atoms with Crippen molar-refractivity contribution in [3.05, 3.63) is 0 Å². The lowest BCUT2D eigenvalue weighted by atomic mass is 9.83. The first kappa shape index (κ1) is 16.3. The molecule has 1 saturated heterocycles. The van der Waals surface area contributed by atoms with Crippen molar-refractivity contribution in [3.8, 4) is 0 Å². The second-order valence-electron chi connectivity index (χ2n) is 6.93. The Bertz CT molecular complexity index is 433. The van der Waals surface area contributed by atoms with Crippen LogP contribution in [0.2, 0.25) is 0 Å². The molecule has 120 valence electrons. The fraction of sp³-hybridized carbons (Fsp3) is 0.875. The van der Waals surface area contributed by atoms with E-state index in [0.717, 1.165) is 12.8 Å². The molecule has 0 aromatic carbocycles. The van der Waals surface area contributed by atoms with Gasteiger partial charge >= 0.3 is 0 Å². The fourth-order valence-electron chi connectivity index (χ4n) is 3.07. The maximum atomic E-state index is 13.0. The summed E-state index contributed by atoms with van der Waals surface area (Å²) in [5, 5.41) is 3.00. The maximum absolute atomic E-state index is 13.0. The van der Waals surface area contributed by atoms with Crippen LogP contribution >= 0.6 is 0 Å². The summed E-state index contributed by atoms with van der Waals surface area (Å²) in [5.74, 6) is 0.286. The second kappa shape index (κ2) is 5.59. The van der Waals surface area contributed by atoms with Gasteiger partial charge in [-0.05, 0) is 52.9 Å². The van der Waals surface area contributed by atoms with Gasteiger partial charge in [0.2, 0.25) is 11.8 Å². The van der Waals surface area contributed by atoms with Gasteiger partial charge in [0.15, 0.2) is 0 Å². The molecule has 0 spiro atoms. The molecule has 1 N–H and O–H groups in total. The Morgan fingerprint density at radius 1 is 1.33 bits per heavy atom. The number of nitrogens with one attached hydrogen (secondary N) is 1. The molecule has 1 saturated carbocycles. The minimum atomic E-state index is -0.772. The zero-order chi connectivity index (χ0) is 15.8. The van der Waals surface area contributed by atoms with E-state index in [0.29, 0.717) is 19.6 Å². The van der Waals surface area contributed by atoms with Gasteiger partial charge in [0, 0.05) is 6.54 Å². The zero-order valence-corrected chi connectivity index (χ0v) is 13.9. The molecular formula is C16H28N2O3. The first-order chi connectivity index (χ1) is 9.75. The van der Waals surface area contributed by atoms with Crippen molar-refractivity contribution in [1.29, 1.82) is 0 Å². The lowest BCUT2D eigenvalue weighted by Gasteiger charge is -2.50. The van der Waals surface area contributed by atoms with Crippen molar-refractivity contribution in [2.45, 2.75) is 71.1 Å². The van der Waals surface area contributed by atoms with Gasteiger partial charge in [0.25, 0.3) is 0 Å². The Morgan fingerprint density at radius 2 is 1.95 bits per heavy atom. The topological polar surface area (TPSA) is 58.6 Å². The van der Waals surface area contributed by atoms with Crippen LogP contribution in [0.5, 0.6) is 0 Å². The number of hydrogen-bond acceptors (Lipinski definition) is 3. The zero-order valence-electron chi connectivity index (χ0n) is 13.9. The lowest BCUT2D eigenvalue weighted by molar-refractivity contribution is -0.164. The minimum Gasteiger partial charge on any atom is -0.377 e. The van der Waals surface area contributed by atoms with Gasteiger partial charge < -0.3 is 15.0 Å². The molecule has 2 amide bonds. The molecule has 5 heteroatoms. The highest BCUT2D eigenvalue weighted by Crippen LogP contribution is 2.44. The molecule has 2 rings (SSSR count). The third-order valence-corrected chi connectivity index (χ3v) is 5.00. The van der Waals surface area contributed by atoms with Crippen LogP contribution in [-0.2, 0) is 14.3 Å². The van der Waals surface area contributed by atoms with Crippen LogP contribution in [0.25, 0.3) is 0 Å². The fourth-order valence-corrected chi connectivity index (χ4v) is 3.07. The van der Waals surface area contributed by atoms with Crippen LogP contribution < -0.4 is 5.32 Å². The highest BCUT2D eigenvalue weighted by molar-refractivity contribution is 6.02. The number of piperazine rings is 1. The van der Waals surface area contributed by atoms with Crippen molar-refractivity contribution < 1.29 is 14.3 Å². The van der Waals surface area contributed by atoms with Gasteiger partial charge in [-0.2, -0.15) is 0 Å². The van der Waals surface area contributed by atoms with E-state index in [-0.39, 0.29) is 23.8 Å². The Balaban J connectivity index is 2.20. The van der Waals surface area contributed by atoms with Crippen molar-refractivity contribution in [3.63, 3.8) is 0 Å². The SMILES string of the molecule is CCC1(C)C(=O)NC(C)(C2CC2)C(=O)N1CCOC(C)C. The molecule has 2 aliphatic rings. The predicted octanol–water partition coefficient (Wildman–Crippen LogP) is 1.71. The molecule has 2 atom stereocenters. The van der Waals surface area contributed by atoms with Crippen LogP contribution in [0.15, 0.2) is 0 Å². The minimum absolute atomic E-state index is 0.0384. The number of amides is 2. The molecule has 21 heavy (non-hydrogen) atoms. The number of hydrogen-bond donors (Lipinski definition) is 1. The third kappa shape index (κ3) is 2.80. The molecule has 1 aliphatic heterocycles. The highest BCUT2D eigenvalue weighted by atomic mass is 16.5. The van der Waals surface area contributed by atoms with E-state index in [2.05, 4.69) is 5.32 Å². The summed E-state index contributed by atoms with van der Waals surface area (Å²) in [6.45, 7) is 10.5. The summed E-state index contributed by atoms with van der Waals surface area (Å²) in [7, 11) is 0. The normalized spacial score (nSPS) is 33.5. The van der Waals surface area contributed by atoms with Crippen LogP contribution in [0.1, 0.15) is 53.9 Å². The molecule has 1 aliphatic carbocycles. The van der Waals surface area contributed by atoms with E-state index in [1.54, 1.807) is 4.90 Å². The average molecular weight is 296 g/mol.